The van der Waals surface area contributed by atoms with E-state index in [0.717, 1.165) is 30.4 Å². The number of carbonyl (C=O) groups is 1. The predicted molar refractivity (Wildman–Crippen MR) is 119 cm³/mol. The van der Waals surface area contributed by atoms with Gasteiger partial charge in [-0.15, -0.1) is 0 Å². The maximum Gasteiger partial charge on any atom is 0.265 e. The smallest absolute Gasteiger partial charge is 0.265 e. The molecule has 0 aliphatic carbocycles. The number of carbonyl (C=O) groups excluding carboxylic acids is 1. The fraction of sp³-hybridized carbons (Fsp3) is 0.409. The lowest BCUT2D eigenvalue weighted by Crippen LogP contribution is -2.35. The summed E-state index contributed by atoms with van der Waals surface area (Å²) in [5.74, 6) is 0.243. The Bertz CT molecular complexity index is 993. The summed E-state index contributed by atoms with van der Waals surface area (Å²) in [6, 6.07) is 9.82. The predicted octanol–water partition coefficient (Wildman–Crippen LogP) is 4.54. The van der Waals surface area contributed by atoms with E-state index in [1.165, 1.54) is 16.4 Å². The Morgan fingerprint density at radius 3 is 2.20 bits per heavy atom. The van der Waals surface area contributed by atoms with Gasteiger partial charge < -0.3 is 10.1 Å². The summed E-state index contributed by atoms with van der Waals surface area (Å²) in [5, 5.41) is 3.44. The molecule has 0 unspecified atom stereocenters. The number of nitrogens with zero attached hydrogens (tertiary/aromatic N) is 1. The number of nitrogens with one attached hydrogen (secondary N) is 1. The van der Waals surface area contributed by atoms with Crippen molar-refractivity contribution in [3.05, 3.63) is 52.5 Å². The van der Waals surface area contributed by atoms with Crippen LogP contribution in [0.3, 0.4) is 0 Å². The van der Waals surface area contributed by atoms with Gasteiger partial charge in [-0.1, -0.05) is 18.0 Å². The van der Waals surface area contributed by atoms with Gasteiger partial charge in [-0.05, 0) is 81.1 Å². The van der Waals surface area contributed by atoms with Gasteiger partial charge in [-0.3, -0.25) is 4.79 Å². The van der Waals surface area contributed by atoms with Crippen LogP contribution in [0.4, 0.5) is 5.69 Å². The van der Waals surface area contributed by atoms with Gasteiger partial charge in [0.2, 0.25) is 10.0 Å². The second kappa shape index (κ2) is 9.37. The van der Waals surface area contributed by atoms with Crippen LogP contribution in [0, 0.1) is 13.8 Å². The molecule has 8 heteroatoms. The van der Waals surface area contributed by atoms with Crippen LogP contribution in [0.25, 0.3) is 0 Å². The van der Waals surface area contributed by atoms with Crippen molar-refractivity contribution in [1.82, 2.24) is 4.31 Å². The highest BCUT2D eigenvalue weighted by Gasteiger charge is 2.26. The number of benzene rings is 2. The summed E-state index contributed by atoms with van der Waals surface area (Å²) in [7, 11) is -3.49. The van der Waals surface area contributed by atoms with Crippen LogP contribution >= 0.6 is 11.6 Å². The minimum atomic E-state index is -3.49. The first-order valence-electron chi connectivity index (χ1n) is 10.0. The lowest BCUT2D eigenvalue weighted by atomic mass is 10.1. The standard InChI is InChI=1S/C22H27ClN2O4S/c1-15-13-19(14-16(2)21(15)23)29-17(3)22(26)24-18-7-9-20(10-8-18)30(27,28)25-11-5-4-6-12-25/h7-10,13-14,17H,4-6,11-12H2,1-3H3,(H,24,26)/t17-/m1/s1. The normalized spacial score (nSPS) is 16.1. The highest BCUT2D eigenvalue weighted by atomic mass is 35.5. The van der Waals surface area contributed by atoms with E-state index >= 15 is 0 Å². The van der Waals surface area contributed by atoms with Crippen molar-refractivity contribution >= 4 is 33.2 Å². The minimum Gasteiger partial charge on any atom is -0.481 e. The van der Waals surface area contributed by atoms with Crippen LogP contribution in [0.1, 0.15) is 37.3 Å². The molecule has 1 aliphatic heterocycles. The molecular weight excluding hydrogens is 424 g/mol. The summed E-state index contributed by atoms with van der Waals surface area (Å²) < 4.78 is 32.7. The Hall–Kier alpha value is -2.09. The van der Waals surface area contributed by atoms with Gasteiger partial charge in [0.15, 0.2) is 6.10 Å². The molecule has 1 amide bonds. The summed E-state index contributed by atoms with van der Waals surface area (Å²) in [5.41, 5.74) is 2.27. The largest absolute Gasteiger partial charge is 0.481 e. The molecule has 0 saturated carbocycles. The number of halogens is 1. The molecule has 162 valence electrons. The third-order valence-corrected chi connectivity index (χ3v) is 7.68. The number of piperidine rings is 1. The molecule has 1 aliphatic rings. The number of ether oxygens (including phenoxy) is 1. The average Bonchev–Trinajstić information content (AvgIpc) is 2.73. The Morgan fingerprint density at radius 2 is 1.63 bits per heavy atom. The molecular formula is C22H27ClN2O4S. The third-order valence-electron chi connectivity index (χ3n) is 5.17. The second-order valence-electron chi connectivity index (χ2n) is 7.61. The van der Waals surface area contributed by atoms with E-state index in [1.54, 1.807) is 31.2 Å². The van der Waals surface area contributed by atoms with Crippen molar-refractivity contribution in [2.75, 3.05) is 18.4 Å². The first-order chi connectivity index (χ1) is 14.2. The zero-order chi connectivity index (χ0) is 21.9. The molecule has 1 fully saturated rings. The van der Waals surface area contributed by atoms with Crippen molar-refractivity contribution < 1.29 is 17.9 Å². The Morgan fingerprint density at radius 1 is 1.07 bits per heavy atom. The minimum absolute atomic E-state index is 0.235. The Balaban J connectivity index is 1.64. The number of aryl methyl sites for hydroxylation is 2. The number of rotatable bonds is 6. The molecule has 1 atom stereocenters. The Labute approximate surface area is 183 Å². The molecule has 0 bridgehead atoms. The van der Waals surface area contributed by atoms with Crippen molar-refractivity contribution in [2.45, 2.75) is 51.0 Å². The van der Waals surface area contributed by atoms with Gasteiger partial charge >= 0.3 is 0 Å². The van der Waals surface area contributed by atoms with Gasteiger partial charge in [0.25, 0.3) is 5.91 Å². The van der Waals surface area contributed by atoms with E-state index in [2.05, 4.69) is 5.32 Å². The number of anilines is 1. The van der Waals surface area contributed by atoms with Gasteiger partial charge in [0, 0.05) is 23.8 Å². The zero-order valence-corrected chi connectivity index (χ0v) is 19.0. The van der Waals surface area contributed by atoms with E-state index in [0.29, 0.717) is 29.5 Å². The maximum absolute atomic E-state index is 12.7. The number of amides is 1. The summed E-state index contributed by atoms with van der Waals surface area (Å²) in [6.07, 6.45) is 2.10. The summed E-state index contributed by atoms with van der Waals surface area (Å²) in [6.45, 7) is 6.53. The second-order valence-corrected chi connectivity index (χ2v) is 9.93. The molecule has 1 N–H and O–H groups in total. The lowest BCUT2D eigenvalue weighted by Gasteiger charge is -2.25. The van der Waals surface area contributed by atoms with Crippen LogP contribution in [-0.2, 0) is 14.8 Å². The molecule has 30 heavy (non-hydrogen) atoms. The van der Waals surface area contributed by atoms with Crippen molar-refractivity contribution in [2.24, 2.45) is 0 Å². The highest BCUT2D eigenvalue weighted by molar-refractivity contribution is 7.89. The molecule has 2 aromatic rings. The monoisotopic (exact) mass is 450 g/mol. The molecule has 0 radical (unpaired) electrons. The average molecular weight is 451 g/mol. The van der Waals surface area contributed by atoms with Crippen molar-refractivity contribution in [3.8, 4) is 5.75 Å². The lowest BCUT2D eigenvalue weighted by molar-refractivity contribution is -0.122. The third kappa shape index (κ3) is 5.14. The molecule has 2 aromatic carbocycles. The van der Waals surface area contributed by atoms with Gasteiger partial charge in [0.1, 0.15) is 5.75 Å². The number of hydrogen-bond acceptors (Lipinski definition) is 4. The first-order valence-corrected chi connectivity index (χ1v) is 11.8. The van der Waals surface area contributed by atoms with Gasteiger partial charge in [-0.25, -0.2) is 8.42 Å². The van der Waals surface area contributed by atoms with Crippen LogP contribution in [0.15, 0.2) is 41.3 Å². The first kappa shape index (κ1) is 22.6. The molecule has 1 saturated heterocycles. The molecule has 3 rings (SSSR count). The quantitative estimate of drug-likeness (QED) is 0.701. The molecule has 0 aromatic heterocycles. The number of sulfonamides is 1. The fourth-order valence-corrected chi connectivity index (χ4v) is 5.07. The zero-order valence-electron chi connectivity index (χ0n) is 17.4. The topological polar surface area (TPSA) is 75.7 Å². The Kier molecular flexibility index (Phi) is 7.06. The van der Waals surface area contributed by atoms with E-state index in [9.17, 15) is 13.2 Å². The fourth-order valence-electron chi connectivity index (χ4n) is 3.44. The van der Waals surface area contributed by atoms with Crippen LogP contribution < -0.4 is 10.1 Å². The van der Waals surface area contributed by atoms with E-state index in [1.807, 2.05) is 13.8 Å². The molecule has 1 heterocycles. The van der Waals surface area contributed by atoms with Gasteiger partial charge in [0.05, 0.1) is 4.90 Å². The maximum atomic E-state index is 12.7. The van der Waals surface area contributed by atoms with Crippen LogP contribution in [-0.4, -0.2) is 37.8 Å². The highest BCUT2D eigenvalue weighted by Crippen LogP contribution is 2.27. The molecule has 6 nitrogen and oxygen atoms in total. The van der Waals surface area contributed by atoms with Crippen LogP contribution in [0.5, 0.6) is 5.75 Å². The van der Waals surface area contributed by atoms with E-state index < -0.39 is 16.1 Å². The number of hydrogen-bond donors (Lipinski definition) is 1. The van der Waals surface area contributed by atoms with Crippen LogP contribution in [0.2, 0.25) is 5.02 Å². The van der Waals surface area contributed by atoms with E-state index in [4.69, 9.17) is 16.3 Å². The molecule has 0 spiro atoms. The van der Waals surface area contributed by atoms with E-state index in [-0.39, 0.29) is 10.8 Å². The van der Waals surface area contributed by atoms with Crippen molar-refractivity contribution in [1.29, 1.82) is 0 Å². The van der Waals surface area contributed by atoms with Gasteiger partial charge in [-0.2, -0.15) is 4.31 Å². The SMILES string of the molecule is Cc1cc(O[C@H](C)C(=O)Nc2ccc(S(=O)(=O)N3CCCCC3)cc2)cc(C)c1Cl. The van der Waals surface area contributed by atoms with Crippen molar-refractivity contribution in [3.63, 3.8) is 0 Å². The summed E-state index contributed by atoms with van der Waals surface area (Å²) >= 11 is 6.17. The summed E-state index contributed by atoms with van der Waals surface area (Å²) in [4.78, 5) is 12.7.